The molecule has 0 unspecified atom stereocenters. The summed E-state index contributed by atoms with van der Waals surface area (Å²) in [6.07, 6.45) is 4.70. The van der Waals surface area contributed by atoms with E-state index in [-0.39, 0.29) is 24.0 Å². The highest BCUT2D eigenvalue weighted by Gasteiger charge is 2.71. The van der Waals surface area contributed by atoms with Crippen LogP contribution >= 0.6 is 0 Å². The Morgan fingerprint density at radius 2 is 2.00 bits per heavy atom. The van der Waals surface area contributed by atoms with Gasteiger partial charge in [-0.15, -0.1) is 0 Å². The van der Waals surface area contributed by atoms with E-state index in [1.807, 2.05) is 13.8 Å². The number of alkyl halides is 1. The molecular weight excluding hydrogens is 427 g/mol. The minimum Gasteiger partial charge on any atom is -0.390 e. The fraction of sp³-hybridized carbons (Fsp3) is 0.727. The Hall–Kier alpha value is -1.42. The van der Waals surface area contributed by atoms with Crippen molar-refractivity contribution >= 4 is 22.0 Å². The van der Waals surface area contributed by atoms with Gasteiger partial charge in [-0.3, -0.25) is 14.1 Å². The summed E-state index contributed by atoms with van der Waals surface area (Å²) < 4.78 is 52.0. The molecule has 172 valence electrons. The van der Waals surface area contributed by atoms with Gasteiger partial charge in [-0.1, -0.05) is 25.5 Å². The van der Waals surface area contributed by atoms with Crippen molar-refractivity contribution in [3.63, 3.8) is 0 Å². The van der Waals surface area contributed by atoms with Crippen LogP contribution in [0.3, 0.4) is 0 Å². The number of carbonyl (C=O) groups excluding carboxylic acids is 2. The Balaban J connectivity index is 1.70. The maximum absolute atomic E-state index is 17.0. The van der Waals surface area contributed by atoms with Crippen LogP contribution in [-0.4, -0.2) is 48.0 Å². The number of aliphatic hydroxyl groups is 1. The summed E-state index contributed by atoms with van der Waals surface area (Å²) in [5.41, 5.74) is -3.10. The van der Waals surface area contributed by atoms with Crippen molar-refractivity contribution in [3.8, 4) is 0 Å². The molecule has 4 rings (SSSR count). The molecule has 0 spiro atoms. The molecule has 8 atom stereocenters. The molecule has 0 saturated heterocycles. The monoisotopic (exact) mass is 456 g/mol. The van der Waals surface area contributed by atoms with Crippen LogP contribution in [-0.2, 0) is 24.2 Å². The van der Waals surface area contributed by atoms with Crippen LogP contribution in [0.15, 0.2) is 23.8 Å². The van der Waals surface area contributed by atoms with Gasteiger partial charge in [0.05, 0.1) is 6.10 Å². The molecule has 7 nitrogen and oxygen atoms in total. The summed E-state index contributed by atoms with van der Waals surface area (Å²) >= 11 is 0. The van der Waals surface area contributed by atoms with Gasteiger partial charge in [-0.25, -0.2) is 8.57 Å². The number of carbonyl (C=O) groups is 2. The first kappa shape index (κ1) is 22.8. The number of Topliss-reactive ketones (excluding diaryl/α,β-unsaturated/α-hetero) is 1. The summed E-state index contributed by atoms with van der Waals surface area (Å²) in [7, 11) is -4.75. The molecule has 4 aliphatic carbocycles. The highest BCUT2D eigenvalue weighted by Crippen LogP contribution is 2.69. The van der Waals surface area contributed by atoms with Gasteiger partial charge in [-0.2, -0.15) is 8.42 Å². The molecule has 3 saturated carbocycles. The lowest BCUT2D eigenvalue weighted by atomic mass is 9.45. The number of ketones is 2. The molecule has 0 aliphatic heterocycles. The van der Waals surface area contributed by atoms with Crippen molar-refractivity contribution in [1.82, 2.24) is 0 Å². The first-order valence-electron chi connectivity index (χ1n) is 10.7. The normalized spacial score (nSPS) is 46.7. The molecule has 4 aliphatic rings. The highest BCUT2D eigenvalue weighted by molar-refractivity contribution is 7.80. The summed E-state index contributed by atoms with van der Waals surface area (Å²) in [6, 6.07) is 0. The van der Waals surface area contributed by atoms with E-state index < -0.39 is 57.2 Å². The summed E-state index contributed by atoms with van der Waals surface area (Å²) in [5.74, 6) is -2.13. The second-order valence-electron chi connectivity index (χ2n) is 10.2. The topological polar surface area (TPSA) is 118 Å². The van der Waals surface area contributed by atoms with E-state index in [2.05, 4.69) is 4.18 Å². The van der Waals surface area contributed by atoms with Crippen molar-refractivity contribution in [1.29, 1.82) is 0 Å². The number of hydrogen-bond donors (Lipinski definition) is 2. The van der Waals surface area contributed by atoms with Gasteiger partial charge in [0.25, 0.3) is 0 Å². The second kappa shape index (κ2) is 7.04. The standard InChI is InChI=1S/C22H29FO7S/c1-12-8-16-15-5-4-13-9-14(24)6-7-21(13,3)22(15,23)18(26)10-20(16,2)19(12)17(25)11-30-31(27,28)29/h6-7,9,12,15-16,18-19,26H,4-5,8,10-11H2,1-3H3,(H,27,28,29)/t12-,15+,16+,18+,19-,20+,21+,22+/m1/s1. The van der Waals surface area contributed by atoms with Crippen LogP contribution in [0.4, 0.5) is 4.39 Å². The molecule has 0 aromatic rings. The van der Waals surface area contributed by atoms with Crippen LogP contribution in [0.1, 0.15) is 46.5 Å². The predicted molar refractivity (Wildman–Crippen MR) is 109 cm³/mol. The van der Waals surface area contributed by atoms with Gasteiger partial charge in [0.2, 0.25) is 0 Å². The molecule has 0 aromatic carbocycles. The smallest absolute Gasteiger partial charge is 0.390 e. The summed E-state index contributed by atoms with van der Waals surface area (Å²) in [6.45, 7) is 4.70. The van der Waals surface area contributed by atoms with Crippen molar-refractivity contribution in [2.24, 2.45) is 34.5 Å². The first-order chi connectivity index (χ1) is 14.2. The molecule has 31 heavy (non-hydrogen) atoms. The largest absolute Gasteiger partial charge is 0.397 e. The molecule has 0 amide bonds. The summed E-state index contributed by atoms with van der Waals surface area (Å²) in [4.78, 5) is 24.8. The van der Waals surface area contributed by atoms with Crippen LogP contribution in [0.5, 0.6) is 0 Å². The Labute approximate surface area is 181 Å². The predicted octanol–water partition coefficient (Wildman–Crippen LogP) is 2.61. The minimum absolute atomic E-state index is 0.0436. The number of allylic oxidation sites excluding steroid dienone is 4. The lowest BCUT2D eigenvalue weighted by molar-refractivity contribution is -0.195. The van der Waals surface area contributed by atoms with Gasteiger partial charge in [0.1, 0.15) is 6.61 Å². The van der Waals surface area contributed by atoms with E-state index >= 15 is 4.39 Å². The fourth-order valence-corrected chi connectivity index (χ4v) is 7.75. The van der Waals surface area contributed by atoms with Gasteiger partial charge < -0.3 is 5.11 Å². The third-order valence-electron chi connectivity index (χ3n) is 8.68. The van der Waals surface area contributed by atoms with Gasteiger partial charge in [0.15, 0.2) is 17.2 Å². The van der Waals surface area contributed by atoms with Crippen molar-refractivity contribution in [3.05, 3.63) is 23.8 Å². The zero-order valence-electron chi connectivity index (χ0n) is 17.9. The van der Waals surface area contributed by atoms with Gasteiger partial charge >= 0.3 is 10.4 Å². The zero-order valence-corrected chi connectivity index (χ0v) is 18.7. The first-order valence-corrected chi connectivity index (χ1v) is 12.1. The van der Waals surface area contributed by atoms with E-state index in [0.717, 1.165) is 0 Å². The van der Waals surface area contributed by atoms with E-state index in [1.54, 1.807) is 13.0 Å². The molecule has 9 heteroatoms. The quantitative estimate of drug-likeness (QED) is 0.624. The lowest BCUT2D eigenvalue weighted by Gasteiger charge is -2.62. The maximum atomic E-state index is 17.0. The lowest BCUT2D eigenvalue weighted by Crippen LogP contribution is -2.66. The van der Waals surface area contributed by atoms with Crippen molar-refractivity contribution in [2.75, 3.05) is 6.61 Å². The zero-order chi connectivity index (χ0) is 23.0. The third-order valence-corrected chi connectivity index (χ3v) is 9.09. The number of aliphatic hydroxyl groups excluding tert-OH is 1. The van der Waals surface area contributed by atoms with Crippen LogP contribution in [0, 0.1) is 34.5 Å². The number of rotatable bonds is 4. The van der Waals surface area contributed by atoms with E-state index in [0.29, 0.717) is 24.8 Å². The maximum Gasteiger partial charge on any atom is 0.397 e. The molecular formula is C22H29FO7S. The Morgan fingerprint density at radius 1 is 1.32 bits per heavy atom. The van der Waals surface area contributed by atoms with Crippen LogP contribution in [0.25, 0.3) is 0 Å². The Bertz CT molecular complexity index is 988. The number of hydrogen-bond acceptors (Lipinski definition) is 6. The number of halogens is 1. The van der Waals surface area contributed by atoms with Crippen molar-refractivity contribution < 1.29 is 36.2 Å². The van der Waals surface area contributed by atoms with E-state index in [4.69, 9.17) is 4.55 Å². The molecule has 2 N–H and O–H groups in total. The van der Waals surface area contributed by atoms with E-state index in [9.17, 15) is 23.1 Å². The van der Waals surface area contributed by atoms with E-state index in [1.165, 1.54) is 12.2 Å². The average molecular weight is 457 g/mol. The third kappa shape index (κ3) is 3.19. The minimum atomic E-state index is -4.75. The molecule has 0 aromatic heterocycles. The van der Waals surface area contributed by atoms with Crippen molar-refractivity contribution in [2.45, 2.75) is 58.2 Å². The average Bonchev–Trinajstić information content (AvgIpc) is 2.91. The Morgan fingerprint density at radius 3 is 2.65 bits per heavy atom. The summed E-state index contributed by atoms with van der Waals surface area (Å²) in [5, 5.41) is 11.2. The SMILES string of the molecule is C[C@@H]1C[C@H]2[C@@H]3CCC4=CC(=O)C=C[C@]4(C)[C@@]3(F)[C@@H](O)C[C@]2(C)[C@H]1C(=O)COS(=O)(=O)O. The van der Waals surface area contributed by atoms with Gasteiger partial charge in [-0.05, 0) is 62.0 Å². The van der Waals surface area contributed by atoms with Crippen LogP contribution in [0.2, 0.25) is 0 Å². The molecule has 0 radical (unpaired) electrons. The Kier molecular flexibility index (Phi) is 5.17. The number of fused-ring (bicyclic) bond motifs is 5. The fourth-order valence-electron chi connectivity index (χ4n) is 7.49. The molecule has 3 fully saturated rings. The molecule has 0 bridgehead atoms. The molecule has 0 heterocycles. The van der Waals surface area contributed by atoms with Crippen LogP contribution < -0.4 is 0 Å². The second-order valence-corrected chi connectivity index (χ2v) is 11.3. The van der Waals surface area contributed by atoms with Gasteiger partial charge in [0, 0.05) is 17.3 Å². The highest BCUT2D eigenvalue weighted by atomic mass is 32.3.